The lowest BCUT2D eigenvalue weighted by Gasteiger charge is -2.08. The Morgan fingerprint density at radius 1 is 0.923 bits per heavy atom. The summed E-state index contributed by atoms with van der Waals surface area (Å²) in [7, 11) is 0. The van der Waals surface area contributed by atoms with Crippen LogP contribution in [0.1, 0.15) is 27.2 Å². The molecular weight excluding hydrogens is 326 g/mol. The Balaban J connectivity index is 1.67. The quantitative estimate of drug-likeness (QED) is 0.748. The third-order valence-electron chi connectivity index (χ3n) is 3.95. The van der Waals surface area contributed by atoms with Crippen molar-refractivity contribution in [1.82, 2.24) is 10.2 Å². The largest absolute Gasteiger partial charge is 0.339 e. The Kier molecular flexibility index (Phi) is 4.90. The summed E-state index contributed by atoms with van der Waals surface area (Å²) in [6, 6.07) is 18.0. The first-order valence-corrected chi connectivity index (χ1v) is 8.05. The van der Waals surface area contributed by atoms with E-state index in [0.29, 0.717) is 17.1 Å². The molecule has 26 heavy (non-hydrogen) atoms. The number of hydrogen-bond acceptors (Lipinski definition) is 5. The fourth-order valence-corrected chi connectivity index (χ4v) is 2.31. The normalized spacial score (nSPS) is 10.0. The molecule has 1 amide bonds. The zero-order chi connectivity index (χ0) is 18.5. The van der Waals surface area contributed by atoms with Crippen molar-refractivity contribution in [2.75, 3.05) is 10.6 Å². The van der Waals surface area contributed by atoms with E-state index in [-0.39, 0.29) is 11.6 Å². The standard InChI is InChI=1S/C20H17N5O/c1-13-3-6-17(11-14(13)2)22-19-10-9-18(24-25-19)20(26)23-16-7-4-15(12-21)5-8-16/h3-11H,1-2H3,(H,22,25)(H,23,26). The molecule has 1 aromatic heterocycles. The first-order chi connectivity index (χ1) is 12.5. The maximum absolute atomic E-state index is 12.2. The van der Waals surface area contributed by atoms with E-state index < -0.39 is 0 Å². The summed E-state index contributed by atoms with van der Waals surface area (Å²) in [5.74, 6) is 0.197. The Morgan fingerprint density at radius 3 is 2.27 bits per heavy atom. The lowest BCUT2D eigenvalue weighted by molar-refractivity contribution is 0.102. The van der Waals surface area contributed by atoms with Gasteiger partial charge in [-0.1, -0.05) is 6.07 Å². The molecule has 0 saturated carbocycles. The molecule has 2 aromatic carbocycles. The summed E-state index contributed by atoms with van der Waals surface area (Å²) in [6.45, 7) is 4.10. The number of aromatic nitrogens is 2. The zero-order valence-corrected chi connectivity index (χ0v) is 14.4. The summed E-state index contributed by atoms with van der Waals surface area (Å²) < 4.78 is 0. The average molecular weight is 343 g/mol. The van der Waals surface area contributed by atoms with Gasteiger partial charge in [0.15, 0.2) is 11.5 Å². The lowest BCUT2D eigenvalue weighted by Crippen LogP contribution is -2.14. The molecule has 0 saturated heterocycles. The Morgan fingerprint density at radius 2 is 1.65 bits per heavy atom. The number of aryl methyl sites for hydroxylation is 2. The van der Waals surface area contributed by atoms with E-state index in [1.54, 1.807) is 36.4 Å². The summed E-state index contributed by atoms with van der Waals surface area (Å²) in [5, 5.41) is 22.7. The molecule has 3 aromatic rings. The molecule has 0 unspecified atom stereocenters. The molecule has 0 bridgehead atoms. The monoisotopic (exact) mass is 343 g/mol. The van der Waals surface area contributed by atoms with Crippen LogP contribution in [0.5, 0.6) is 0 Å². The average Bonchev–Trinajstić information content (AvgIpc) is 2.66. The molecule has 0 aliphatic heterocycles. The van der Waals surface area contributed by atoms with Gasteiger partial charge in [-0.3, -0.25) is 4.79 Å². The molecule has 128 valence electrons. The number of carbonyl (C=O) groups excluding carboxylic acids is 1. The molecule has 0 fully saturated rings. The third kappa shape index (κ3) is 4.02. The highest BCUT2D eigenvalue weighted by molar-refractivity contribution is 6.02. The van der Waals surface area contributed by atoms with E-state index in [9.17, 15) is 4.79 Å². The molecule has 1 heterocycles. The molecule has 0 aliphatic rings. The van der Waals surface area contributed by atoms with Gasteiger partial charge in [0.2, 0.25) is 0 Å². The van der Waals surface area contributed by atoms with Gasteiger partial charge in [0.1, 0.15) is 0 Å². The Bertz CT molecular complexity index is 973. The number of hydrogen-bond donors (Lipinski definition) is 2. The van der Waals surface area contributed by atoms with Crippen LogP contribution in [0.25, 0.3) is 0 Å². The molecular formula is C20H17N5O. The van der Waals surface area contributed by atoms with Crippen molar-refractivity contribution in [2.24, 2.45) is 0 Å². The second kappa shape index (κ2) is 7.45. The number of anilines is 3. The highest BCUT2D eigenvalue weighted by Crippen LogP contribution is 2.18. The van der Waals surface area contributed by atoms with E-state index in [0.717, 1.165) is 5.69 Å². The summed E-state index contributed by atoms with van der Waals surface area (Å²) in [6.07, 6.45) is 0. The SMILES string of the molecule is Cc1ccc(Nc2ccc(C(=O)Nc3ccc(C#N)cc3)nn2)cc1C. The third-order valence-corrected chi connectivity index (χ3v) is 3.95. The second-order valence-corrected chi connectivity index (χ2v) is 5.87. The minimum atomic E-state index is -0.361. The minimum Gasteiger partial charge on any atom is -0.339 e. The number of nitrogens with zero attached hydrogens (tertiary/aromatic N) is 3. The van der Waals surface area contributed by atoms with Gasteiger partial charge in [-0.15, -0.1) is 10.2 Å². The van der Waals surface area contributed by atoms with E-state index in [4.69, 9.17) is 5.26 Å². The van der Waals surface area contributed by atoms with Crippen LogP contribution in [0.3, 0.4) is 0 Å². The van der Waals surface area contributed by atoms with Crippen molar-refractivity contribution in [3.05, 3.63) is 77.0 Å². The second-order valence-electron chi connectivity index (χ2n) is 5.87. The molecule has 6 nitrogen and oxygen atoms in total. The Labute approximate surface area is 151 Å². The van der Waals surface area contributed by atoms with E-state index >= 15 is 0 Å². The van der Waals surface area contributed by atoms with Crippen LogP contribution in [0.4, 0.5) is 17.2 Å². The minimum absolute atomic E-state index is 0.208. The summed E-state index contributed by atoms with van der Waals surface area (Å²) in [5.41, 5.74) is 4.65. The number of rotatable bonds is 4. The number of nitriles is 1. The predicted octanol–water partition coefficient (Wildman–Crippen LogP) is 3.96. The number of amides is 1. The topological polar surface area (TPSA) is 90.7 Å². The van der Waals surface area contributed by atoms with Crippen LogP contribution in [-0.4, -0.2) is 16.1 Å². The molecule has 0 atom stereocenters. The number of carbonyl (C=O) groups is 1. The summed E-state index contributed by atoms with van der Waals surface area (Å²) >= 11 is 0. The van der Waals surface area contributed by atoms with Gasteiger partial charge in [0, 0.05) is 11.4 Å². The van der Waals surface area contributed by atoms with E-state index in [1.807, 2.05) is 31.2 Å². The molecule has 3 rings (SSSR count). The molecule has 6 heteroatoms. The Hall–Kier alpha value is -3.72. The summed E-state index contributed by atoms with van der Waals surface area (Å²) in [4.78, 5) is 12.2. The van der Waals surface area contributed by atoms with Gasteiger partial charge in [-0.25, -0.2) is 0 Å². The molecule has 0 radical (unpaired) electrons. The maximum atomic E-state index is 12.2. The van der Waals surface area contributed by atoms with Crippen molar-refractivity contribution >= 4 is 23.1 Å². The van der Waals surface area contributed by atoms with Crippen LogP contribution in [0.15, 0.2) is 54.6 Å². The van der Waals surface area contributed by atoms with Gasteiger partial charge < -0.3 is 10.6 Å². The van der Waals surface area contributed by atoms with E-state index in [1.165, 1.54) is 11.1 Å². The van der Waals surface area contributed by atoms with Gasteiger partial charge in [-0.2, -0.15) is 5.26 Å². The van der Waals surface area contributed by atoms with Gasteiger partial charge >= 0.3 is 0 Å². The van der Waals surface area contributed by atoms with Gasteiger partial charge in [-0.05, 0) is 73.5 Å². The first-order valence-electron chi connectivity index (χ1n) is 8.05. The van der Waals surface area contributed by atoms with Crippen molar-refractivity contribution < 1.29 is 4.79 Å². The molecule has 2 N–H and O–H groups in total. The van der Waals surface area contributed by atoms with Crippen LogP contribution >= 0.6 is 0 Å². The van der Waals surface area contributed by atoms with Crippen molar-refractivity contribution in [2.45, 2.75) is 13.8 Å². The van der Waals surface area contributed by atoms with E-state index in [2.05, 4.69) is 27.8 Å². The van der Waals surface area contributed by atoms with Crippen molar-refractivity contribution in [3.8, 4) is 6.07 Å². The fourth-order valence-electron chi connectivity index (χ4n) is 2.31. The smallest absolute Gasteiger partial charge is 0.276 e. The van der Waals surface area contributed by atoms with Crippen molar-refractivity contribution in [3.63, 3.8) is 0 Å². The maximum Gasteiger partial charge on any atom is 0.276 e. The van der Waals surface area contributed by atoms with Gasteiger partial charge in [0.25, 0.3) is 5.91 Å². The first kappa shape index (κ1) is 17.1. The van der Waals surface area contributed by atoms with Crippen LogP contribution in [-0.2, 0) is 0 Å². The molecule has 0 aliphatic carbocycles. The highest BCUT2D eigenvalue weighted by atomic mass is 16.1. The van der Waals surface area contributed by atoms with Gasteiger partial charge in [0.05, 0.1) is 11.6 Å². The lowest BCUT2D eigenvalue weighted by atomic mass is 10.1. The number of benzene rings is 2. The molecule has 0 spiro atoms. The predicted molar refractivity (Wildman–Crippen MR) is 100 cm³/mol. The van der Waals surface area contributed by atoms with Crippen LogP contribution in [0.2, 0.25) is 0 Å². The zero-order valence-electron chi connectivity index (χ0n) is 14.4. The fraction of sp³-hybridized carbons (Fsp3) is 0.100. The number of nitrogens with one attached hydrogen (secondary N) is 2. The van der Waals surface area contributed by atoms with Crippen LogP contribution < -0.4 is 10.6 Å². The van der Waals surface area contributed by atoms with Crippen LogP contribution in [0, 0.1) is 25.2 Å². The van der Waals surface area contributed by atoms with Crippen molar-refractivity contribution in [1.29, 1.82) is 5.26 Å². The highest BCUT2D eigenvalue weighted by Gasteiger charge is 2.09.